The molecule has 0 fully saturated rings. The molecule has 2 rings (SSSR count). The monoisotopic (exact) mass is 337 g/mol. The van der Waals surface area contributed by atoms with E-state index in [0.29, 0.717) is 22.9 Å². The summed E-state index contributed by atoms with van der Waals surface area (Å²) in [6.07, 6.45) is 1.35. The SMILES string of the molecule is COc1cccc(N/C=C(/C#N)C(=O)Nc2cc(C)ccc2OC)c1. The Hall–Kier alpha value is -3.46. The molecule has 2 N–H and O–H groups in total. The first-order valence-corrected chi connectivity index (χ1v) is 7.54. The number of carbonyl (C=O) groups is 1. The van der Waals surface area contributed by atoms with Crippen molar-refractivity contribution in [3.63, 3.8) is 0 Å². The number of anilines is 2. The second kappa shape index (κ2) is 8.41. The first kappa shape index (κ1) is 17.9. The van der Waals surface area contributed by atoms with Gasteiger partial charge in [-0.15, -0.1) is 0 Å². The first-order valence-electron chi connectivity index (χ1n) is 7.54. The van der Waals surface area contributed by atoms with Crippen LogP contribution in [0.15, 0.2) is 54.2 Å². The molecule has 128 valence electrons. The van der Waals surface area contributed by atoms with E-state index in [4.69, 9.17) is 9.47 Å². The molecule has 0 heterocycles. The van der Waals surface area contributed by atoms with E-state index in [1.807, 2.05) is 19.1 Å². The Morgan fingerprint density at radius 1 is 1.16 bits per heavy atom. The summed E-state index contributed by atoms with van der Waals surface area (Å²) in [7, 11) is 3.09. The summed E-state index contributed by atoms with van der Waals surface area (Å²) in [4.78, 5) is 12.3. The van der Waals surface area contributed by atoms with Gasteiger partial charge in [0, 0.05) is 18.0 Å². The third kappa shape index (κ3) is 4.75. The molecule has 0 aromatic heterocycles. The minimum Gasteiger partial charge on any atom is -0.497 e. The highest BCUT2D eigenvalue weighted by molar-refractivity contribution is 6.07. The topological polar surface area (TPSA) is 83.4 Å². The van der Waals surface area contributed by atoms with Gasteiger partial charge in [0.15, 0.2) is 0 Å². The van der Waals surface area contributed by atoms with Gasteiger partial charge in [-0.3, -0.25) is 4.79 Å². The number of nitriles is 1. The van der Waals surface area contributed by atoms with Crippen LogP contribution in [0.4, 0.5) is 11.4 Å². The summed E-state index contributed by atoms with van der Waals surface area (Å²) in [5, 5.41) is 14.9. The maximum Gasteiger partial charge on any atom is 0.267 e. The van der Waals surface area contributed by atoms with E-state index >= 15 is 0 Å². The lowest BCUT2D eigenvalue weighted by molar-refractivity contribution is -0.112. The number of ether oxygens (including phenoxy) is 2. The number of carbonyl (C=O) groups excluding carboxylic acids is 1. The van der Waals surface area contributed by atoms with Crippen molar-refractivity contribution < 1.29 is 14.3 Å². The van der Waals surface area contributed by atoms with Crippen molar-refractivity contribution in [2.45, 2.75) is 6.92 Å². The van der Waals surface area contributed by atoms with E-state index < -0.39 is 5.91 Å². The van der Waals surface area contributed by atoms with Gasteiger partial charge in [-0.05, 0) is 36.8 Å². The molecule has 6 nitrogen and oxygen atoms in total. The van der Waals surface area contributed by atoms with Gasteiger partial charge in [-0.25, -0.2) is 0 Å². The Kier molecular flexibility index (Phi) is 6.02. The zero-order chi connectivity index (χ0) is 18.2. The molecule has 6 heteroatoms. The van der Waals surface area contributed by atoms with Gasteiger partial charge in [0.1, 0.15) is 23.1 Å². The van der Waals surface area contributed by atoms with Crippen LogP contribution in [0.25, 0.3) is 0 Å². The maximum absolute atomic E-state index is 12.3. The quantitative estimate of drug-likeness (QED) is 0.623. The smallest absolute Gasteiger partial charge is 0.267 e. The number of benzene rings is 2. The van der Waals surface area contributed by atoms with E-state index in [2.05, 4.69) is 10.6 Å². The molecule has 0 saturated heterocycles. The number of hydrogen-bond donors (Lipinski definition) is 2. The summed E-state index contributed by atoms with van der Waals surface area (Å²) < 4.78 is 10.4. The summed E-state index contributed by atoms with van der Waals surface area (Å²) in [6.45, 7) is 1.90. The van der Waals surface area contributed by atoms with Crippen molar-refractivity contribution in [1.29, 1.82) is 5.26 Å². The summed E-state index contributed by atoms with van der Waals surface area (Å²) in [6, 6.07) is 14.5. The zero-order valence-electron chi connectivity index (χ0n) is 14.3. The molecule has 0 atom stereocenters. The molecule has 1 amide bonds. The van der Waals surface area contributed by atoms with Crippen molar-refractivity contribution in [3.05, 3.63) is 59.8 Å². The molecular weight excluding hydrogens is 318 g/mol. The van der Waals surface area contributed by atoms with Gasteiger partial charge in [0.25, 0.3) is 5.91 Å². The predicted octanol–water partition coefficient (Wildman–Crippen LogP) is 3.47. The normalized spacial score (nSPS) is 10.6. The van der Waals surface area contributed by atoms with Crippen LogP contribution < -0.4 is 20.1 Å². The Bertz CT molecular complexity index is 838. The van der Waals surface area contributed by atoms with Crippen molar-refractivity contribution in [2.24, 2.45) is 0 Å². The highest BCUT2D eigenvalue weighted by atomic mass is 16.5. The standard InChI is InChI=1S/C19H19N3O3/c1-13-7-8-18(25-3)17(9-13)22-19(23)14(11-20)12-21-15-5-4-6-16(10-15)24-2/h4-10,12,21H,1-3H3,(H,22,23)/b14-12-. The van der Waals surface area contributed by atoms with Gasteiger partial charge in [0.2, 0.25) is 0 Å². The molecule has 0 bridgehead atoms. The van der Waals surface area contributed by atoms with Gasteiger partial charge < -0.3 is 20.1 Å². The zero-order valence-corrected chi connectivity index (χ0v) is 14.3. The lowest BCUT2D eigenvalue weighted by Gasteiger charge is -2.11. The average molecular weight is 337 g/mol. The highest BCUT2D eigenvalue weighted by Crippen LogP contribution is 2.25. The Morgan fingerprint density at radius 3 is 2.64 bits per heavy atom. The third-order valence-corrected chi connectivity index (χ3v) is 3.42. The van der Waals surface area contributed by atoms with Gasteiger partial charge in [-0.1, -0.05) is 12.1 Å². The van der Waals surface area contributed by atoms with E-state index in [1.165, 1.54) is 13.3 Å². The van der Waals surface area contributed by atoms with Gasteiger partial charge in [-0.2, -0.15) is 5.26 Å². The molecule has 0 aliphatic heterocycles. The second-order valence-electron chi connectivity index (χ2n) is 5.20. The van der Waals surface area contributed by atoms with Crippen LogP contribution in [0.5, 0.6) is 11.5 Å². The van der Waals surface area contributed by atoms with E-state index in [1.54, 1.807) is 43.5 Å². The van der Waals surface area contributed by atoms with Crippen molar-refractivity contribution in [3.8, 4) is 17.6 Å². The molecule has 2 aromatic carbocycles. The summed E-state index contributed by atoms with van der Waals surface area (Å²) >= 11 is 0. The number of nitrogens with zero attached hydrogens (tertiary/aromatic N) is 1. The van der Waals surface area contributed by atoms with Crippen LogP contribution in [0.3, 0.4) is 0 Å². The molecule has 0 unspecified atom stereocenters. The van der Waals surface area contributed by atoms with Crippen LogP contribution in [-0.2, 0) is 4.79 Å². The first-order chi connectivity index (χ1) is 12.1. The van der Waals surface area contributed by atoms with Gasteiger partial charge >= 0.3 is 0 Å². The average Bonchev–Trinajstić information content (AvgIpc) is 2.62. The van der Waals surface area contributed by atoms with Crippen LogP contribution in [0.1, 0.15) is 5.56 Å². The minimum atomic E-state index is -0.526. The number of methoxy groups -OCH3 is 2. The van der Waals surface area contributed by atoms with Crippen LogP contribution in [0.2, 0.25) is 0 Å². The number of amides is 1. The van der Waals surface area contributed by atoms with Crippen molar-refractivity contribution in [2.75, 3.05) is 24.9 Å². The molecule has 0 saturated carbocycles. The largest absolute Gasteiger partial charge is 0.497 e. The third-order valence-electron chi connectivity index (χ3n) is 3.42. The minimum absolute atomic E-state index is 0.0635. The Morgan fingerprint density at radius 2 is 1.96 bits per heavy atom. The number of nitrogens with one attached hydrogen (secondary N) is 2. The number of aryl methyl sites for hydroxylation is 1. The fraction of sp³-hybridized carbons (Fsp3) is 0.158. The molecule has 0 aliphatic carbocycles. The highest BCUT2D eigenvalue weighted by Gasteiger charge is 2.12. The van der Waals surface area contributed by atoms with Crippen molar-refractivity contribution in [1.82, 2.24) is 0 Å². The molecule has 0 aliphatic rings. The molecular formula is C19H19N3O3. The van der Waals surface area contributed by atoms with E-state index in [9.17, 15) is 10.1 Å². The second-order valence-corrected chi connectivity index (χ2v) is 5.20. The van der Waals surface area contributed by atoms with E-state index in [0.717, 1.165) is 5.56 Å². The molecule has 0 spiro atoms. The van der Waals surface area contributed by atoms with E-state index in [-0.39, 0.29) is 5.57 Å². The van der Waals surface area contributed by atoms with Crippen LogP contribution in [0, 0.1) is 18.3 Å². The Labute approximate surface area is 146 Å². The fourth-order valence-electron chi connectivity index (χ4n) is 2.13. The van der Waals surface area contributed by atoms with Gasteiger partial charge in [0.05, 0.1) is 19.9 Å². The maximum atomic E-state index is 12.3. The lowest BCUT2D eigenvalue weighted by atomic mass is 10.2. The summed E-state index contributed by atoms with van der Waals surface area (Å²) in [5.74, 6) is 0.671. The summed E-state index contributed by atoms with van der Waals surface area (Å²) in [5.41, 5.74) is 2.11. The predicted molar refractivity (Wildman–Crippen MR) is 96.7 cm³/mol. The lowest BCUT2D eigenvalue weighted by Crippen LogP contribution is -2.15. The van der Waals surface area contributed by atoms with Crippen LogP contribution >= 0.6 is 0 Å². The Balaban J connectivity index is 2.15. The van der Waals surface area contributed by atoms with Crippen molar-refractivity contribution >= 4 is 17.3 Å². The molecule has 2 aromatic rings. The number of rotatable bonds is 6. The van der Waals surface area contributed by atoms with Crippen LogP contribution in [-0.4, -0.2) is 20.1 Å². The molecule has 25 heavy (non-hydrogen) atoms. The molecule has 0 radical (unpaired) electrons. The number of hydrogen-bond acceptors (Lipinski definition) is 5. The fourth-order valence-corrected chi connectivity index (χ4v) is 2.13.